The number of hydrogen-bond acceptors (Lipinski definition) is 4. The molecule has 4 nitrogen and oxygen atoms in total. The van der Waals surface area contributed by atoms with E-state index < -0.39 is 0 Å². The van der Waals surface area contributed by atoms with Crippen molar-refractivity contribution in [2.24, 2.45) is 0 Å². The second kappa shape index (κ2) is 3.06. The summed E-state index contributed by atoms with van der Waals surface area (Å²) in [6.07, 6.45) is 2.94. The lowest BCUT2D eigenvalue weighted by Crippen LogP contribution is -2.49. The number of methoxy groups -OCH3 is 1. The van der Waals surface area contributed by atoms with Gasteiger partial charge >= 0.3 is 0 Å². The average Bonchev–Trinajstić information content (AvgIpc) is 2.05. The molecule has 2 rings (SSSR count). The summed E-state index contributed by atoms with van der Waals surface area (Å²) in [5.74, 6) is 0.899. The molecule has 0 spiro atoms. The zero-order chi connectivity index (χ0) is 8.39. The summed E-state index contributed by atoms with van der Waals surface area (Å²) < 4.78 is 5.21. The van der Waals surface area contributed by atoms with Gasteiger partial charge in [0.15, 0.2) is 5.82 Å². The first-order valence-corrected chi connectivity index (χ1v) is 3.99. The number of ether oxygens (including phenoxy) is 1. The largest absolute Gasteiger partial charge is 0.362 e. The van der Waals surface area contributed by atoms with Gasteiger partial charge in [0.1, 0.15) is 6.23 Å². The summed E-state index contributed by atoms with van der Waals surface area (Å²) in [5.41, 5.74) is 0. The third-order valence-corrected chi connectivity index (χ3v) is 2.09. The van der Waals surface area contributed by atoms with Gasteiger partial charge in [-0.1, -0.05) is 0 Å². The maximum atomic E-state index is 5.21. The lowest BCUT2D eigenvalue weighted by atomic mass is 10.2. The lowest BCUT2D eigenvalue weighted by molar-refractivity contribution is 0.0549. The molecule has 2 heterocycles. The van der Waals surface area contributed by atoms with Gasteiger partial charge in [-0.15, -0.1) is 5.10 Å². The Kier molecular flexibility index (Phi) is 1.91. The van der Waals surface area contributed by atoms with Gasteiger partial charge in [0.2, 0.25) is 0 Å². The first-order chi connectivity index (χ1) is 5.92. The molecule has 1 saturated heterocycles. The van der Waals surface area contributed by atoms with Gasteiger partial charge in [0, 0.05) is 26.3 Å². The highest BCUT2D eigenvalue weighted by Gasteiger charge is 2.28. The molecule has 1 atom stereocenters. The Labute approximate surface area is 71.2 Å². The van der Waals surface area contributed by atoms with Crippen molar-refractivity contribution in [1.29, 1.82) is 0 Å². The van der Waals surface area contributed by atoms with Crippen LogP contribution in [0.1, 0.15) is 6.42 Å². The molecular weight excluding hydrogens is 154 g/mol. The van der Waals surface area contributed by atoms with Crippen molar-refractivity contribution in [3.8, 4) is 0 Å². The fourth-order valence-electron chi connectivity index (χ4n) is 1.32. The molecule has 0 unspecified atom stereocenters. The van der Waals surface area contributed by atoms with E-state index in [1.165, 1.54) is 0 Å². The highest BCUT2D eigenvalue weighted by Crippen LogP contribution is 2.23. The summed E-state index contributed by atoms with van der Waals surface area (Å²) >= 11 is 0. The Hall–Kier alpha value is -1.16. The van der Waals surface area contributed by atoms with Crippen LogP contribution in [0.15, 0.2) is 18.3 Å². The number of nitrogens with zero attached hydrogens (tertiary/aromatic N) is 3. The Morgan fingerprint density at radius 3 is 3.08 bits per heavy atom. The van der Waals surface area contributed by atoms with Crippen molar-refractivity contribution >= 4 is 5.82 Å². The third-order valence-electron chi connectivity index (χ3n) is 2.09. The minimum atomic E-state index is 0.196. The first-order valence-electron chi connectivity index (χ1n) is 3.99. The highest BCUT2D eigenvalue weighted by molar-refractivity contribution is 5.39. The standard InChI is InChI=1S/C8H11N3O/c1-12-8-4-6-11(8)7-3-2-5-9-10-7/h2-3,5,8H,4,6H2,1H3/t8-/m0/s1. The van der Waals surface area contributed by atoms with Gasteiger partial charge < -0.3 is 9.64 Å². The molecular formula is C8H11N3O. The normalized spacial score (nSPS) is 22.1. The molecule has 0 bridgehead atoms. The lowest BCUT2D eigenvalue weighted by Gasteiger charge is -2.40. The number of anilines is 1. The van der Waals surface area contributed by atoms with Gasteiger partial charge in [-0.2, -0.15) is 5.10 Å². The fourth-order valence-corrected chi connectivity index (χ4v) is 1.32. The Bertz CT molecular complexity index is 250. The predicted octanol–water partition coefficient (Wildman–Crippen LogP) is 0.659. The molecule has 0 aliphatic carbocycles. The Morgan fingerprint density at radius 2 is 2.58 bits per heavy atom. The summed E-state index contributed by atoms with van der Waals surface area (Å²) in [5, 5.41) is 7.80. The average molecular weight is 165 g/mol. The monoisotopic (exact) mass is 165 g/mol. The smallest absolute Gasteiger partial charge is 0.153 e. The van der Waals surface area contributed by atoms with Crippen LogP contribution in [0.3, 0.4) is 0 Å². The predicted molar refractivity (Wildman–Crippen MR) is 44.8 cm³/mol. The zero-order valence-electron chi connectivity index (χ0n) is 6.97. The molecule has 1 aromatic rings. The van der Waals surface area contributed by atoms with E-state index in [2.05, 4.69) is 15.1 Å². The van der Waals surface area contributed by atoms with Gasteiger partial charge in [-0.25, -0.2) is 0 Å². The quantitative estimate of drug-likeness (QED) is 0.645. The van der Waals surface area contributed by atoms with E-state index >= 15 is 0 Å². The topological polar surface area (TPSA) is 38.2 Å². The van der Waals surface area contributed by atoms with E-state index in [0.717, 1.165) is 18.8 Å². The minimum Gasteiger partial charge on any atom is -0.362 e. The fraction of sp³-hybridized carbons (Fsp3) is 0.500. The van der Waals surface area contributed by atoms with E-state index in [1.54, 1.807) is 13.3 Å². The van der Waals surface area contributed by atoms with Crippen molar-refractivity contribution in [3.05, 3.63) is 18.3 Å². The van der Waals surface area contributed by atoms with Crippen LogP contribution in [0.2, 0.25) is 0 Å². The van der Waals surface area contributed by atoms with Gasteiger partial charge in [-0.05, 0) is 12.1 Å². The van der Waals surface area contributed by atoms with E-state index in [-0.39, 0.29) is 6.23 Å². The SMILES string of the molecule is CO[C@H]1CCN1c1cccnn1. The molecule has 1 aromatic heterocycles. The zero-order valence-corrected chi connectivity index (χ0v) is 6.97. The van der Waals surface area contributed by atoms with Crippen LogP contribution in [0.5, 0.6) is 0 Å². The second-order valence-electron chi connectivity index (χ2n) is 2.75. The number of aromatic nitrogens is 2. The first kappa shape index (κ1) is 7.49. The van der Waals surface area contributed by atoms with Crippen molar-refractivity contribution in [2.45, 2.75) is 12.6 Å². The van der Waals surface area contributed by atoms with Crippen molar-refractivity contribution in [2.75, 3.05) is 18.6 Å². The Morgan fingerprint density at radius 1 is 1.67 bits per heavy atom. The van der Waals surface area contributed by atoms with Crippen LogP contribution in [-0.2, 0) is 4.74 Å². The van der Waals surface area contributed by atoms with Crippen LogP contribution in [0.25, 0.3) is 0 Å². The summed E-state index contributed by atoms with van der Waals surface area (Å²) in [6, 6.07) is 3.82. The molecule has 0 radical (unpaired) electrons. The summed E-state index contributed by atoms with van der Waals surface area (Å²) in [4.78, 5) is 2.09. The molecule has 0 aromatic carbocycles. The van der Waals surface area contributed by atoms with Crippen LogP contribution in [-0.4, -0.2) is 30.1 Å². The van der Waals surface area contributed by atoms with E-state index in [9.17, 15) is 0 Å². The van der Waals surface area contributed by atoms with Gasteiger partial charge in [0.05, 0.1) is 0 Å². The minimum absolute atomic E-state index is 0.196. The molecule has 0 N–H and O–H groups in total. The maximum Gasteiger partial charge on any atom is 0.153 e. The second-order valence-corrected chi connectivity index (χ2v) is 2.75. The molecule has 0 amide bonds. The van der Waals surface area contributed by atoms with Crippen molar-refractivity contribution in [3.63, 3.8) is 0 Å². The van der Waals surface area contributed by atoms with E-state index in [0.29, 0.717) is 0 Å². The number of rotatable bonds is 2. The van der Waals surface area contributed by atoms with Gasteiger partial charge in [-0.3, -0.25) is 0 Å². The van der Waals surface area contributed by atoms with Crippen molar-refractivity contribution in [1.82, 2.24) is 10.2 Å². The molecule has 0 saturated carbocycles. The molecule has 1 aliphatic rings. The molecule has 12 heavy (non-hydrogen) atoms. The van der Waals surface area contributed by atoms with E-state index in [4.69, 9.17) is 4.74 Å². The molecule has 1 aliphatic heterocycles. The summed E-state index contributed by atoms with van der Waals surface area (Å²) in [6.45, 7) is 1.01. The number of hydrogen-bond donors (Lipinski definition) is 0. The van der Waals surface area contributed by atoms with Crippen molar-refractivity contribution < 1.29 is 4.74 Å². The van der Waals surface area contributed by atoms with Gasteiger partial charge in [0.25, 0.3) is 0 Å². The molecule has 64 valence electrons. The highest BCUT2D eigenvalue weighted by atomic mass is 16.5. The van der Waals surface area contributed by atoms with Crippen LogP contribution in [0.4, 0.5) is 5.82 Å². The van der Waals surface area contributed by atoms with Crippen LogP contribution in [0, 0.1) is 0 Å². The third kappa shape index (κ3) is 1.14. The maximum absolute atomic E-state index is 5.21. The van der Waals surface area contributed by atoms with E-state index in [1.807, 2.05) is 12.1 Å². The Balaban J connectivity index is 2.11. The summed E-state index contributed by atoms with van der Waals surface area (Å²) in [7, 11) is 1.72. The van der Waals surface area contributed by atoms with Crippen LogP contribution >= 0.6 is 0 Å². The molecule has 1 fully saturated rings. The van der Waals surface area contributed by atoms with Crippen LogP contribution < -0.4 is 4.90 Å². The molecule has 4 heteroatoms.